The first-order valence-corrected chi connectivity index (χ1v) is 15.9. The third-order valence-electron chi connectivity index (χ3n) is 9.68. The number of carbonyl (C=O) groups is 1. The maximum Gasteiger partial charge on any atom is 0.318 e. The summed E-state index contributed by atoms with van der Waals surface area (Å²) in [6.45, 7) is 19.9. The Hall–Kier alpha value is -4.34. The number of amides is 1. The fourth-order valence-corrected chi connectivity index (χ4v) is 6.89. The molecule has 0 N–H and O–H groups in total. The Morgan fingerprint density at radius 1 is 1.20 bits per heavy atom. The van der Waals surface area contributed by atoms with Crippen LogP contribution >= 0.6 is 0 Å². The maximum atomic E-state index is 13.9. The van der Waals surface area contributed by atoms with E-state index in [4.69, 9.17) is 21.3 Å². The molecule has 2 fully saturated rings. The van der Waals surface area contributed by atoms with E-state index in [-0.39, 0.29) is 19.1 Å². The van der Waals surface area contributed by atoms with Gasteiger partial charge in [-0.05, 0) is 39.9 Å². The van der Waals surface area contributed by atoms with Crippen LogP contribution in [0.15, 0.2) is 43.0 Å². The van der Waals surface area contributed by atoms with Crippen LogP contribution in [0.2, 0.25) is 0 Å². The molecule has 3 aliphatic heterocycles. The van der Waals surface area contributed by atoms with Gasteiger partial charge in [0.05, 0.1) is 24.1 Å². The molecule has 2 aromatic heterocycles. The van der Waals surface area contributed by atoms with Crippen molar-refractivity contribution in [1.82, 2.24) is 29.7 Å². The summed E-state index contributed by atoms with van der Waals surface area (Å²) in [6.07, 6.45) is 4.53. The molecule has 1 aromatic carbocycles. The molecule has 1 amide bonds. The third-order valence-corrected chi connectivity index (χ3v) is 9.68. The molecule has 46 heavy (non-hydrogen) atoms. The summed E-state index contributed by atoms with van der Waals surface area (Å²) in [7, 11) is 4.26. The number of piperazine rings is 1. The average molecular weight is 628 g/mol. The second-order valence-electron chi connectivity index (χ2n) is 12.8. The van der Waals surface area contributed by atoms with Gasteiger partial charge in [-0.2, -0.15) is 9.97 Å². The van der Waals surface area contributed by atoms with E-state index in [0.29, 0.717) is 44.7 Å². The van der Waals surface area contributed by atoms with Gasteiger partial charge in [0.15, 0.2) is 5.83 Å². The summed E-state index contributed by atoms with van der Waals surface area (Å²) >= 11 is 0. The monoisotopic (exact) mass is 627 g/mol. The normalized spacial score (nSPS) is 19.5. The van der Waals surface area contributed by atoms with Crippen LogP contribution in [0, 0.1) is 13.5 Å². The first kappa shape index (κ1) is 31.6. The summed E-state index contributed by atoms with van der Waals surface area (Å²) < 4.78 is 20.2. The smallest absolute Gasteiger partial charge is 0.318 e. The number of hydrogen-bond donors (Lipinski definition) is 0. The van der Waals surface area contributed by atoms with Crippen LogP contribution in [0.3, 0.4) is 0 Å². The molecule has 0 aliphatic carbocycles. The summed E-state index contributed by atoms with van der Waals surface area (Å²) in [5.74, 6) is -1.01. The number of carbonyl (C=O) groups excluding carboxylic acids is 1. The Labute approximate surface area is 270 Å². The predicted molar refractivity (Wildman–Crippen MR) is 177 cm³/mol. The standard InChI is InChI=1S/C34H42FN9O2/c1-22-8-7-9-25-14-37-16-30(31(22)25)42-11-10-28-29(20-42)38-34(46-21-23(2)41(6)27-17-40(5)18-27)39-32(28)43-12-13-44(33(45)24(3)35)26(19-43)15-36-4/h7-9,14,16,23,26-27H,3,10-13,15,17-21H2,1-2,5-6H3/t23-,26-/m0/s1. The lowest BCUT2D eigenvalue weighted by Gasteiger charge is -2.44. The Bertz CT molecular complexity index is 1670. The number of rotatable bonds is 9. The number of aryl methyl sites for hydroxylation is 1. The average Bonchev–Trinajstić information content (AvgIpc) is 3.04. The Kier molecular flexibility index (Phi) is 9.06. The highest BCUT2D eigenvalue weighted by atomic mass is 19.1. The fourth-order valence-electron chi connectivity index (χ4n) is 6.89. The van der Waals surface area contributed by atoms with E-state index in [1.165, 1.54) is 15.8 Å². The number of ether oxygens (including phenoxy) is 1. The van der Waals surface area contributed by atoms with Gasteiger partial charge in [0, 0.05) is 73.9 Å². The van der Waals surface area contributed by atoms with E-state index in [9.17, 15) is 9.18 Å². The van der Waals surface area contributed by atoms with Crippen LogP contribution in [-0.4, -0.2) is 120 Å². The van der Waals surface area contributed by atoms with E-state index < -0.39 is 17.8 Å². The zero-order valence-electron chi connectivity index (χ0n) is 27.1. The van der Waals surface area contributed by atoms with Gasteiger partial charge in [-0.1, -0.05) is 24.8 Å². The second kappa shape index (κ2) is 13.2. The lowest BCUT2D eigenvalue weighted by Crippen LogP contribution is -2.59. The van der Waals surface area contributed by atoms with Crippen molar-refractivity contribution in [2.45, 2.75) is 44.9 Å². The van der Waals surface area contributed by atoms with Crippen molar-refractivity contribution in [2.24, 2.45) is 0 Å². The summed E-state index contributed by atoms with van der Waals surface area (Å²) in [4.78, 5) is 41.1. The van der Waals surface area contributed by atoms with Crippen molar-refractivity contribution >= 4 is 28.2 Å². The quantitative estimate of drug-likeness (QED) is 0.262. The van der Waals surface area contributed by atoms with E-state index in [1.807, 2.05) is 12.4 Å². The molecule has 2 atom stereocenters. The lowest BCUT2D eigenvalue weighted by molar-refractivity contribution is -0.131. The molecule has 0 bridgehead atoms. The molecule has 3 aliphatic rings. The first-order valence-electron chi connectivity index (χ1n) is 15.9. The number of aromatic nitrogens is 3. The van der Waals surface area contributed by atoms with Gasteiger partial charge in [0.2, 0.25) is 6.54 Å². The molecular weight excluding hydrogens is 585 g/mol. The SMILES string of the molecule is [C-]#[N+]C[C@H]1CN(c2nc(OC[C@H](C)N(C)C3CN(C)C3)nc3c2CCN(c2cncc4cccc(C)c24)C3)CCN1C(=O)C(=C)F. The van der Waals surface area contributed by atoms with Gasteiger partial charge in [0.25, 0.3) is 5.91 Å². The highest BCUT2D eigenvalue weighted by Crippen LogP contribution is 2.35. The van der Waals surface area contributed by atoms with Gasteiger partial charge in [0.1, 0.15) is 18.5 Å². The maximum absolute atomic E-state index is 13.9. The van der Waals surface area contributed by atoms with E-state index in [1.54, 1.807) is 0 Å². The van der Waals surface area contributed by atoms with Crippen molar-refractivity contribution < 1.29 is 13.9 Å². The Balaban J connectivity index is 1.31. The van der Waals surface area contributed by atoms with Gasteiger partial charge < -0.3 is 29.2 Å². The van der Waals surface area contributed by atoms with Crippen LogP contribution in [-0.2, 0) is 17.8 Å². The molecule has 6 rings (SSSR count). The highest BCUT2D eigenvalue weighted by molar-refractivity contribution is 5.96. The molecule has 5 heterocycles. The highest BCUT2D eigenvalue weighted by Gasteiger charge is 2.36. The number of halogens is 1. The number of likely N-dealkylation sites (N-methyl/N-ethyl adjacent to an activating group) is 2. The minimum atomic E-state index is -1.01. The topological polar surface area (TPSA) is 85.5 Å². The number of likely N-dealkylation sites (tertiary alicyclic amines) is 1. The summed E-state index contributed by atoms with van der Waals surface area (Å²) in [5.41, 5.74) is 4.18. The zero-order chi connectivity index (χ0) is 32.5. The van der Waals surface area contributed by atoms with Crippen LogP contribution in [0.1, 0.15) is 23.7 Å². The third kappa shape index (κ3) is 6.22. The van der Waals surface area contributed by atoms with Crippen LogP contribution in [0.4, 0.5) is 15.9 Å². The van der Waals surface area contributed by atoms with Crippen LogP contribution in [0.25, 0.3) is 15.6 Å². The molecule has 2 saturated heterocycles. The van der Waals surface area contributed by atoms with Crippen LogP contribution < -0.4 is 14.5 Å². The number of pyridine rings is 1. The molecule has 12 heteroatoms. The molecule has 11 nitrogen and oxygen atoms in total. The minimum absolute atomic E-state index is 0.0631. The van der Waals surface area contributed by atoms with Crippen LogP contribution in [0.5, 0.6) is 6.01 Å². The zero-order valence-corrected chi connectivity index (χ0v) is 27.1. The van der Waals surface area contributed by atoms with E-state index in [2.05, 4.69) is 82.1 Å². The molecule has 0 spiro atoms. The number of nitrogens with zero attached hydrogens (tertiary/aromatic N) is 9. The van der Waals surface area contributed by atoms with E-state index in [0.717, 1.165) is 47.8 Å². The molecule has 0 saturated carbocycles. The number of anilines is 2. The van der Waals surface area contributed by atoms with Crippen molar-refractivity contribution in [2.75, 3.05) is 76.3 Å². The summed E-state index contributed by atoms with van der Waals surface area (Å²) in [5, 5.41) is 2.28. The largest absolute Gasteiger partial charge is 0.462 e. The van der Waals surface area contributed by atoms with Gasteiger partial charge in [-0.25, -0.2) is 11.0 Å². The van der Waals surface area contributed by atoms with Crippen molar-refractivity contribution in [1.29, 1.82) is 0 Å². The van der Waals surface area contributed by atoms with Gasteiger partial charge in [-0.15, -0.1) is 0 Å². The number of benzene rings is 1. The number of hydrogen-bond acceptors (Lipinski definition) is 9. The first-order chi connectivity index (χ1) is 22.1. The lowest BCUT2D eigenvalue weighted by atomic mass is 10.0. The summed E-state index contributed by atoms with van der Waals surface area (Å²) in [6, 6.07) is 6.75. The fraction of sp³-hybridized carbons (Fsp3) is 0.500. The predicted octanol–water partition coefficient (Wildman–Crippen LogP) is 3.33. The molecular formula is C34H42FN9O2. The van der Waals surface area contributed by atoms with Gasteiger partial charge >= 0.3 is 6.01 Å². The van der Waals surface area contributed by atoms with E-state index >= 15 is 0 Å². The number of fused-ring (bicyclic) bond motifs is 2. The second-order valence-corrected chi connectivity index (χ2v) is 12.8. The Morgan fingerprint density at radius 2 is 2.00 bits per heavy atom. The Morgan fingerprint density at radius 3 is 2.74 bits per heavy atom. The van der Waals surface area contributed by atoms with Gasteiger partial charge in [-0.3, -0.25) is 14.7 Å². The van der Waals surface area contributed by atoms with Crippen molar-refractivity contribution in [3.05, 3.63) is 71.2 Å². The molecule has 3 aromatic rings. The minimum Gasteiger partial charge on any atom is -0.462 e. The molecule has 242 valence electrons. The van der Waals surface area contributed by atoms with Crippen molar-refractivity contribution in [3.63, 3.8) is 0 Å². The molecule has 0 radical (unpaired) electrons. The molecule has 0 unspecified atom stereocenters. The van der Waals surface area contributed by atoms with Crippen molar-refractivity contribution in [3.8, 4) is 6.01 Å².